The monoisotopic (exact) mass is 910 g/mol. The van der Waals surface area contributed by atoms with E-state index >= 15 is 0 Å². The van der Waals surface area contributed by atoms with Crippen LogP contribution in [0.15, 0.2) is 96.1 Å². The molecule has 0 spiro atoms. The molecular formula is C50H69BCl2NSi2Zr. The van der Waals surface area contributed by atoms with Crippen molar-refractivity contribution in [3.05, 3.63) is 129 Å². The molecule has 0 heterocycles. The number of hydrogen-bond donors (Lipinski definition) is 0. The second kappa shape index (κ2) is 17.3. The van der Waals surface area contributed by atoms with Gasteiger partial charge >= 0.3 is 361 Å². The maximum atomic E-state index is 9.24. The van der Waals surface area contributed by atoms with Crippen LogP contribution in [0.5, 0.6) is 0 Å². The summed E-state index contributed by atoms with van der Waals surface area (Å²) in [6, 6.07) is 32.3. The van der Waals surface area contributed by atoms with Crippen LogP contribution in [-0.2, 0) is 29.0 Å². The van der Waals surface area contributed by atoms with Gasteiger partial charge in [-0.25, -0.2) is 0 Å². The summed E-state index contributed by atoms with van der Waals surface area (Å²) in [6.45, 7) is 29.2. The summed E-state index contributed by atoms with van der Waals surface area (Å²) < 4.78 is 2.92. The predicted octanol–water partition coefficient (Wildman–Crippen LogP) is 15.8. The number of fused-ring (bicyclic) bond motifs is 2. The summed E-state index contributed by atoms with van der Waals surface area (Å²) in [7, 11) is 14.7. The molecule has 0 saturated heterocycles. The SMILES string of the molecule is CCCCc1ccccc1-c1cccc2c1C=C(C(C)C)[CH]2[Zr]([Cl])([Cl])([BH]N([Si](C)(C)C)[Si](C)(C)C)[CH]1C(C(C)C)=Cc2c(-c3ccccc3CCCC)cccc21. The molecule has 7 heteroatoms. The van der Waals surface area contributed by atoms with Gasteiger partial charge in [-0.1, -0.05) is 0 Å². The fourth-order valence-electron chi connectivity index (χ4n) is 10.5. The maximum absolute atomic E-state index is 9.24. The number of aryl methyl sites for hydroxylation is 2. The molecule has 2 aliphatic rings. The quantitative estimate of drug-likeness (QED) is 0.101. The molecule has 57 heavy (non-hydrogen) atoms. The zero-order valence-corrected chi connectivity index (χ0v) is 43.2. The topological polar surface area (TPSA) is 3.24 Å². The molecule has 0 aromatic heterocycles. The van der Waals surface area contributed by atoms with E-state index in [0.29, 0.717) is 11.8 Å². The van der Waals surface area contributed by atoms with Gasteiger partial charge in [0.15, 0.2) is 0 Å². The Morgan fingerprint density at radius 2 is 0.930 bits per heavy atom. The standard InChI is InChI=1S/2C22H25.C6H19BNSi2.2ClH.Zr/c2*1-4-5-9-17-10-6-7-12-20(17)21-13-8-11-18-14-19(16(2)3)15-22(18)21;1-9(2,3)8(7)10(4,5)6;;;/h2*6-8,10-16H,4-5,9H2,1-3H3;7H,1-6H3;2*1H;/q;;+1;;;+1/p-2. The average Bonchev–Trinajstić information content (AvgIpc) is 3.77. The third kappa shape index (κ3) is 8.74. The van der Waals surface area contributed by atoms with Crippen LogP contribution in [0.25, 0.3) is 34.4 Å². The van der Waals surface area contributed by atoms with Crippen molar-refractivity contribution in [2.24, 2.45) is 11.8 Å². The number of rotatable bonds is 16. The summed E-state index contributed by atoms with van der Waals surface area (Å²) in [5.41, 5.74) is 16.5. The number of allylic oxidation sites excluding steroid dienone is 2. The number of nitrogens with zero attached hydrogens (tertiary/aromatic N) is 1. The van der Waals surface area contributed by atoms with Crippen LogP contribution in [0.3, 0.4) is 0 Å². The number of hydrogen-bond acceptors (Lipinski definition) is 1. The Morgan fingerprint density at radius 3 is 1.28 bits per heavy atom. The van der Waals surface area contributed by atoms with Crippen molar-refractivity contribution in [3.63, 3.8) is 0 Å². The molecule has 2 aliphatic carbocycles. The first-order valence-corrected chi connectivity index (χ1v) is 39.8. The van der Waals surface area contributed by atoms with Gasteiger partial charge in [-0.15, -0.1) is 0 Å². The number of halogens is 2. The van der Waals surface area contributed by atoms with Crippen LogP contribution >= 0.6 is 17.0 Å². The van der Waals surface area contributed by atoms with Gasteiger partial charge in [-0.3, -0.25) is 0 Å². The van der Waals surface area contributed by atoms with Crippen LogP contribution in [-0.4, -0.2) is 25.6 Å². The van der Waals surface area contributed by atoms with Crippen LogP contribution in [0, 0.1) is 11.8 Å². The normalized spacial score (nSPS) is 17.7. The Morgan fingerprint density at radius 1 is 0.561 bits per heavy atom. The molecule has 0 N–H and O–H groups in total. The van der Waals surface area contributed by atoms with Gasteiger partial charge in [0.25, 0.3) is 0 Å². The summed E-state index contributed by atoms with van der Waals surface area (Å²) in [5.74, 6) is 0.597. The van der Waals surface area contributed by atoms with Gasteiger partial charge in [-0.05, 0) is 0 Å². The number of unbranched alkanes of at least 4 members (excludes halogenated alkanes) is 2. The summed E-state index contributed by atoms with van der Waals surface area (Å²) in [5, 5.41) is 0. The fourth-order valence-corrected chi connectivity index (χ4v) is 53.0. The third-order valence-corrected chi connectivity index (χ3v) is 39.9. The first-order chi connectivity index (χ1) is 26.8. The average molecular weight is 913 g/mol. The molecule has 303 valence electrons. The minimum absolute atomic E-state index is 0.0127. The minimum atomic E-state index is -5.36. The third-order valence-electron chi connectivity index (χ3n) is 13.0. The van der Waals surface area contributed by atoms with E-state index in [1.165, 1.54) is 92.5 Å². The van der Waals surface area contributed by atoms with Gasteiger partial charge < -0.3 is 0 Å². The van der Waals surface area contributed by atoms with Gasteiger partial charge in [0.2, 0.25) is 0 Å². The van der Waals surface area contributed by atoms with Gasteiger partial charge in [-0.2, -0.15) is 0 Å². The zero-order chi connectivity index (χ0) is 41.5. The molecular weight excluding hydrogens is 844 g/mol. The van der Waals surface area contributed by atoms with E-state index in [2.05, 4.69) is 182 Å². The van der Waals surface area contributed by atoms with Crippen LogP contribution in [0.2, 0.25) is 39.3 Å². The van der Waals surface area contributed by atoms with E-state index < -0.39 is 32.6 Å². The van der Waals surface area contributed by atoms with E-state index in [1.54, 1.807) is 0 Å². The van der Waals surface area contributed by atoms with Crippen molar-refractivity contribution in [2.45, 2.75) is 127 Å². The Hall–Kier alpha value is -1.72. The van der Waals surface area contributed by atoms with Crippen molar-refractivity contribution < 1.29 is 16.2 Å². The van der Waals surface area contributed by atoms with Crippen molar-refractivity contribution in [2.75, 3.05) is 0 Å². The predicted molar refractivity (Wildman–Crippen MR) is 259 cm³/mol. The molecule has 2 unspecified atom stereocenters. The molecule has 1 nitrogen and oxygen atoms in total. The summed E-state index contributed by atoms with van der Waals surface area (Å²) >= 11 is -5.36. The molecule has 6 rings (SSSR count). The molecule has 0 saturated carbocycles. The Kier molecular flexibility index (Phi) is 13.6. The van der Waals surface area contributed by atoms with Crippen molar-refractivity contribution in [1.82, 2.24) is 4.14 Å². The van der Waals surface area contributed by atoms with E-state index in [1.807, 2.05) is 0 Å². The van der Waals surface area contributed by atoms with Crippen molar-refractivity contribution in [3.8, 4) is 22.3 Å². The Labute approximate surface area is 358 Å². The Bertz CT molecular complexity index is 2010. The van der Waals surface area contributed by atoms with Gasteiger partial charge in [0, 0.05) is 0 Å². The molecule has 0 aliphatic heterocycles. The first kappa shape index (κ1) is 44.8. The molecule has 4 aromatic rings. The summed E-state index contributed by atoms with van der Waals surface area (Å²) in [6.07, 6.45) is 12.0. The second-order valence-corrected chi connectivity index (χ2v) is 52.0. The van der Waals surface area contributed by atoms with Gasteiger partial charge in [0.1, 0.15) is 0 Å². The first-order valence-electron chi connectivity index (χ1n) is 22.0. The zero-order valence-electron chi connectivity index (χ0n) is 37.2. The van der Waals surface area contributed by atoms with Crippen molar-refractivity contribution >= 4 is 50.6 Å². The second-order valence-electron chi connectivity index (χ2n) is 19.9. The molecule has 0 fully saturated rings. The van der Waals surface area contributed by atoms with E-state index in [-0.39, 0.29) is 7.25 Å². The number of benzene rings is 4. The van der Waals surface area contributed by atoms with E-state index in [0.717, 1.165) is 17.8 Å². The molecule has 0 radical (unpaired) electrons. The van der Waals surface area contributed by atoms with Crippen LogP contribution in [0.4, 0.5) is 0 Å². The fraction of sp³-hybridized carbons (Fsp3) is 0.440. The van der Waals surface area contributed by atoms with E-state index in [4.69, 9.17) is 0 Å². The summed E-state index contributed by atoms with van der Waals surface area (Å²) in [4.78, 5) is 0.812. The van der Waals surface area contributed by atoms with E-state index in [9.17, 15) is 17.0 Å². The molecule has 0 bridgehead atoms. The van der Waals surface area contributed by atoms with Crippen molar-refractivity contribution in [1.29, 1.82) is 0 Å². The van der Waals surface area contributed by atoms with Crippen LogP contribution in [0.1, 0.15) is 108 Å². The van der Waals surface area contributed by atoms with Gasteiger partial charge in [0.05, 0.1) is 0 Å². The molecule has 0 amide bonds. The molecule has 4 aromatic carbocycles. The Balaban J connectivity index is 1.68. The van der Waals surface area contributed by atoms with Crippen LogP contribution < -0.4 is 0 Å². The molecule has 2 atom stereocenters.